The Morgan fingerprint density at radius 3 is 2.23 bits per heavy atom. The number of rotatable bonds is 7. The Morgan fingerprint density at radius 1 is 0.886 bits per heavy atom. The SMILES string of the molecule is CC(C)N1CCC(N(Cc2ccc(N(C)c3ccncc3)cc2)c2cnc3ccccc3n2)CC1. The van der Waals surface area contributed by atoms with Gasteiger partial charge in [-0.15, -0.1) is 0 Å². The molecule has 0 unspecified atom stereocenters. The molecule has 6 heteroatoms. The van der Waals surface area contributed by atoms with Crippen molar-refractivity contribution in [2.75, 3.05) is 29.9 Å². The zero-order chi connectivity index (χ0) is 24.2. The minimum absolute atomic E-state index is 0.444. The fourth-order valence-electron chi connectivity index (χ4n) is 4.94. The second kappa shape index (κ2) is 10.4. The molecule has 0 atom stereocenters. The van der Waals surface area contributed by atoms with Crippen molar-refractivity contribution in [3.63, 3.8) is 0 Å². The lowest BCUT2D eigenvalue weighted by molar-refractivity contribution is 0.169. The second-order valence-corrected chi connectivity index (χ2v) is 9.64. The van der Waals surface area contributed by atoms with E-state index in [4.69, 9.17) is 9.97 Å². The molecule has 1 fully saturated rings. The Balaban J connectivity index is 1.39. The number of benzene rings is 2. The molecule has 0 saturated carbocycles. The van der Waals surface area contributed by atoms with Crippen LogP contribution in [0.3, 0.4) is 0 Å². The van der Waals surface area contributed by atoms with E-state index < -0.39 is 0 Å². The Bertz CT molecular complexity index is 1230. The van der Waals surface area contributed by atoms with Crippen molar-refractivity contribution in [1.82, 2.24) is 19.9 Å². The highest BCUT2D eigenvalue weighted by Crippen LogP contribution is 2.28. The van der Waals surface area contributed by atoms with Gasteiger partial charge in [0, 0.05) is 62.5 Å². The lowest BCUT2D eigenvalue weighted by atomic mass is 10.0. The number of anilines is 3. The van der Waals surface area contributed by atoms with Gasteiger partial charge in [-0.1, -0.05) is 24.3 Å². The van der Waals surface area contributed by atoms with Gasteiger partial charge in [0.15, 0.2) is 0 Å². The Hall–Kier alpha value is -3.51. The minimum Gasteiger partial charge on any atom is -0.348 e. The van der Waals surface area contributed by atoms with Gasteiger partial charge in [-0.05, 0) is 68.7 Å². The molecule has 0 radical (unpaired) electrons. The van der Waals surface area contributed by atoms with Gasteiger partial charge < -0.3 is 14.7 Å². The molecule has 0 amide bonds. The highest BCUT2D eigenvalue weighted by atomic mass is 15.2. The van der Waals surface area contributed by atoms with Crippen molar-refractivity contribution in [2.45, 2.75) is 45.3 Å². The predicted molar refractivity (Wildman–Crippen MR) is 144 cm³/mol. The van der Waals surface area contributed by atoms with E-state index in [0.717, 1.165) is 60.7 Å². The van der Waals surface area contributed by atoms with Crippen LogP contribution in [0.15, 0.2) is 79.3 Å². The van der Waals surface area contributed by atoms with Crippen LogP contribution in [0.25, 0.3) is 11.0 Å². The van der Waals surface area contributed by atoms with Gasteiger partial charge in [0.05, 0.1) is 17.2 Å². The van der Waals surface area contributed by atoms with E-state index >= 15 is 0 Å². The van der Waals surface area contributed by atoms with Crippen molar-refractivity contribution >= 4 is 28.2 Å². The molecular formula is C29H34N6. The number of piperidine rings is 1. The molecule has 0 bridgehead atoms. The zero-order valence-corrected chi connectivity index (χ0v) is 20.9. The van der Waals surface area contributed by atoms with Crippen LogP contribution >= 0.6 is 0 Å². The highest BCUT2D eigenvalue weighted by molar-refractivity contribution is 5.75. The van der Waals surface area contributed by atoms with Crippen LogP contribution in [-0.2, 0) is 6.54 Å². The van der Waals surface area contributed by atoms with Crippen molar-refractivity contribution in [3.8, 4) is 0 Å². The minimum atomic E-state index is 0.444. The number of pyridine rings is 1. The highest BCUT2D eigenvalue weighted by Gasteiger charge is 2.27. The standard InChI is InChI=1S/C29H34N6/c1-22(2)34-18-14-26(15-19-34)35(29-20-31-27-6-4-5-7-28(27)32-29)21-23-8-10-24(11-9-23)33(3)25-12-16-30-17-13-25/h4-13,16-17,20,22,26H,14-15,18-19,21H2,1-3H3. The molecule has 2 aromatic carbocycles. The van der Waals surface area contributed by atoms with Gasteiger partial charge in [0.2, 0.25) is 0 Å². The summed E-state index contributed by atoms with van der Waals surface area (Å²) in [5.74, 6) is 0.963. The fourth-order valence-corrected chi connectivity index (χ4v) is 4.94. The van der Waals surface area contributed by atoms with E-state index in [1.54, 1.807) is 0 Å². The van der Waals surface area contributed by atoms with Gasteiger partial charge in [-0.3, -0.25) is 9.97 Å². The van der Waals surface area contributed by atoms with Crippen molar-refractivity contribution in [2.24, 2.45) is 0 Å². The van der Waals surface area contributed by atoms with E-state index in [1.165, 1.54) is 5.56 Å². The molecular weight excluding hydrogens is 432 g/mol. The molecule has 4 aromatic rings. The molecule has 180 valence electrons. The first-order valence-electron chi connectivity index (χ1n) is 12.5. The van der Waals surface area contributed by atoms with E-state index in [1.807, 2.05) is 48.9 Å². The van der Waals surface area contributed by atoms with Crippen molar-refractivity contribution < 1.29 is 0 Å². The van der Waals surface area contributed by atoms with Crippen LogP contribution in [0.5, 0.6) is 0 Å². The summed E-state index contributed by atoms with van der Waals surface area (Å²) in [5.41, 5.74) is 5.44. The summed E-state index contributed by atoms with van der Waals surface area (Å²) < 4.78 is 0. The molecule has 0 spiro atoms. The largest absolute Gasteiger partial charge is 0.348 e. The number of likely N-dealkylation sites (tertiary alicyclic amines) is 1. The maximum absolute atomic E-state index is 5.02. The molecule has 1 aliphatic heterocycles. The first kappa shape index (κ1) is 23.2. The number of para-hydroxylation sites is 2. The molecule has 0 N–H and O–H groups in total. The molecule has 3 heterocycles. The summed E-state index contributed by atoms with van der Waals surface area (Å²) in [4.78, 5) is 21.1. The summed E-state index contributed by atoms with van der Waals surface area (Å²) in [7, 11) is 2.09. The molecule has 1 aliphatic rings. The molecule has 2 aromatic heterocycles. The molecule has 35 heavy (non-hydrogen) atoms. The Labute approximate surface area is 208 Å². The lowest BCUT2D eigenvalue weighted by Gasteiger charge is -2.40. The van der Waals surface area contributed by atoms with Crippen LogP contribution in [0.4, 0.5) is 17.2 Å². The molecule has 1 saturated heterocycles. The van der Waals surface area contributed by atoms with Gasteiger partial charge in [-0.2, -0.15) is 0 Å². The monoisotopic (exact) mass is 466 g/mol. The van der Waals surface area contributed by atoms with Crippen LogP contribution < -0.4 is 9.80 Å². The van der Waals surface area contributed by atoms with Gasteiger partial charge in [0.1, 0.15) is 5.82 Å². The lowest BCUT2D eigenvalue weighted by Crippen LogP contribution is -2.47. The first-order valence-corrected chi connectivity index (χ1v) is 12.5. The smallest absolute Gasteiger partial charge is 0.148 e. The summed E-state index contributed by atoms with van der Waals surface area (Å²) in [5, 5.41) is 0. The number of hydrogen-bond acceptors (Lipinski definition) is 6. The van der Waals surface area contributed by atoms with Crippen molar-refractivity contribution in [3.05, 3.63) is 84.8 Å². The van der Waals surface area contributed by atoms with Crippen LogP contribution in [0.2, 0.25) is 0 Å². The van der Waals surface area contributed by atoms with E-state index in [2.05, 4.69) is 70.9 Å². The Morgan fingerprint density at radius 2 is 1.54 bits per heavy atom. The number of aromatic nitrogens is 3. The third kappa shape index (κ3) is 5.28. The number of hydrogen-bond donors (Lipinski definition) is 0. The zero-order valence-electron chi connectivity index (χ0n) is 20.9. The summed E-state index contributed by atoms with van der Waals surface area (Å²) >= 11 is 0. The summed E-state index contributed by atoms with van der Waals surface area (Å²) in [6, 6.07) is 22.1. The summed E-state index contributed by atoms with van der Waals surface area (Å²) in [6.45, 7) is 7.64. The molecule has 0 aliphatic carbocycles. The quantitative estimate of drug-likeness (QED) is 0.350. The third-order valence-electron chi connectivity index (χ3n) is 7.13. The van der Waals surface area contributed by atoms with Crippen LogP contribution in [0, 0.1) is 0 Å². The molecule has 6 nitrogen and oxygen atoms in total. The third-order valence-corrected chi connectivity index (χ3v) is 7.13. The van der Waals surface area contributed by atoms with E-state index in [0.29, 0.717) is 12.1 Å². The maximum Gasteiger partial charge on any atom is 0.148 e. The normalized spacial score (nSPS) is 15.0. The maximum atomic E-state index is 5.02. The van der Waals surface area contributed by atoms with Crippen LogP contribution in [-0.4, -0.2) is 52.1 Å². The number of nitrogens with zero attached hydrogens (tertiary/aromatic N) is 6. The first-order chi connectivity index (χ1) is 17.1. The van der Waals surface area contributed by atoms with Crippen LogP contribution in [0.1, 0.15) is 32.3 Å². The second-order valence-electron chi connectivity index (χ2n) is 9.64. The van der Waals surface area contributed by atoms with Gasteiger partial charge in [0.25, 0.3) is 0 Å². The number of fused-ring (bicyclic) bond motifs is 1. The molecule has 5 rings (SSSR count). The van der Waals surface area contributed by atoms with Gasteiger partial charge >= 0.3 is 0 Å². The predicted octanol–water partition coefficient (Wildman–Crippen LogP) is 5.67. The van der Waals surface area contributed by atoms with Crippen molar-refractivity contribution in [1.29, 1.82) is 0 Å². The van der Waals surface area contributed by atoms with E-state index in [9.17, 15) is 0 Å². The topological polar surface area (TPSA) is 48.4 Å². The van der Waals surface area contributed by atoms with Gasteiger partial charge in [-0.25, -0.2) is 4.98 Å². The summed E-state index contributed by atoms with van der Waals surface area (Å²) in [6.07, 6.45) is 7.87. The average Bonchev–Trinajstić information content (AvgIpc) is 2.92. The Kier molecular flexibility index (Phi) is 6.91. The average molecular weight is 467 g/mol. The fraction of sp³-hybridized carbons (Fsp3) is 0.345. The van der Waals surface area contributed by atoms with E-state index in [-0.39, 0.29) is 0 Å².